The van der Waals surface area contributed by atoms with Gasteiger partial charge in [-0.05, 0) is 32.6 Å². The summed E-state index contributed by atoms with van der Waals surface area (Å²) in [6.45, 7) is 4.03. The maximum Gasteiger partial charge on any atom is 0.289 e. The van der Waals surface area contributed by atoms with E-state index in [4.69, 9.17) is 5.73 Å². The van der Waals surface area contributed by atoms with Crippen LogP contribution in [-0.4, -0.2) is 26.6 Å². The average Bonchev–Trinajstić information content (AvgIpc) is 2.89. The molecule has 15 heavy (non-hydrogen) atoms. The lowest BCUT2D eigenvalue weighted by Gasteiger charge is -2.25. The summed E-state index contributed by atoms with van der Waals surface area (Å²) in [4.78, 5) is 15.5. The SMILES string of the molecule is CC(C)(NC(=O)c1nc(N)n[nH]1)C1CC1. The Morgan fingerprint density at radius 1 is 1.60 bits per heavy atom. The van der Waals surface area contributed by atoms with E-state index in [1.807, 2.05) is 13.8 Å². The molecule has 0 radical (unpaired) electrons. The van der Waals surface area contributed by atoms with Crippen LogP contribution in [0.25, 0.3) is 0 Å². The number of rotatable bonds is 3. The van der Waals surface area contributed by atoms with Gasteiger partial charge in [0, 0.05) is 5.54 Å². The van der Waals surface area contributed by atoms with Gasteiger partial charge < -0.3 is 11.1 Å². The van der Waals surface area contributed by atoms with Crippen LogP contribution in [0.3, 0.4) is 0 Å². The molecule has 4 N–H and O–H groups in total. The molecule has 1 aromatic rings. The van der Waals surface area contributed by atoms with Gasteiger partial charge >= 0.3 is 0 Å². The number of nitrogens with zero attached hydrogens (tertiary/aromatic N) is 2. The van der Waals surface area contributed by atoms with E-state index < -0.39 is 0 Å². The normalized spacial score (nSPS) is 16.4. The van der Waals surface area contributed by atoms with E-state index in [0.29, 0.717) is 5.92 Å². The van der Waals surface area contributed by atoms with Crippen LogP contribution in [0.2, 0.25) is 0 Å². The van der Waals surface area contributed by atoms with Crippen LogP contribution in [0.1, 0.15) is 37.3 Å². The fourth-order valence-electron chi connectivity index (χ4n) is 1.64. The van der Waals surface area contributed by atoms with Gasteiger partial charge in [0.25, 0.3) is 5.91 Å². The molecule has 6 nitrogen and oxygen atoms in total. The molecule has 1 aliphatic rings. The molecule has 1 heterocycles. The lowest BCUT2D eigenvalue weighted by atomic mass is 9.99. The molecule has 0 saturated heterocycles. The van der Waals surface area contributed by atoms with Crippen LogP contribution in [0.15, 0.2) is 0 Å². The monoisotopic (exact) mass is 209 g/mol. The molecule has 0 atom stereocenters. The molecule has 82 valence electrons. The number of nitrogen functional groups attached to an aromatic ring is 1. The van der Waals surface area contributed by atoms with Gasteiger partial charge in [-0.25, -0.2) is 0 Å². The second kappa shape index (κ2) is 3.22. The van der Waals surface area contributed by atoms with Crippen LogP contribution < -0.4 is 11.1 Å². The van der Waals surface area contributed by atoms with Gasteiger partial charge in [0.15, 0.2) is 0 Å². The van der Waals surface area contributed by atoms with Crippen molar-refractivity contribution in [3.63, 3.8) is 0 Å². The largest absolute Gasteiger partial charge is 0.366 e. The fourth-order valence-corrected chi connectivity index (χ4v) is 1.64. The van der Waals surface area contributed by atoms with E-state index >= 15 is 0 Å². The molecule has 1 aromatic heterocycles. The zero-order chi connectivity index (χ0) is 11.1. The smallest absolute Gasteiger partial charge is 0.289 e. The van der Waals surface area contributed by atoms with E-state index in [-0.39, 0.29) is 23.2 Å². The minimum atomic E-state index is -0.254. The Labute approximate surface area is 87.6 Å². The van der Waals surface area contributed by atoms with Crippen LogP contribution in [-0.2, 0) is 0 Å². The molecular weight excluding hydrogens is 194 g/mol. The van der Waals surface area contributed by atoms with Crippen molar-refractivity contribution in [2.24, 2.45) is 5.92 Å². The van der Waals surface area contributed by atoms with E-state index in [0.717, 1.165) is 0 Å². The maximum atomic E-state index is 11.7. The fraction of sp³-hybridized carbons (Fsp3) is 0.667. The number of carbonyl (C=O) groups excluding carboxylic acids is 1. The molecule has 0 unspecified atom stereocenters. The lowest BCUT2D eigenvalue weighted by Crippen LogP contribution is -2.45. The summed E-state index contributed by atoms with van der Waals surface area (Å²) in [5.74, 6) is 0.573. The molecule has 0 spiro atoms. The number of aromatic amines is 1. The average molecular weight is 209 g/mol. The highest BCUT2D eigenvalue weighted by Crippen LogP contribution is 2.39. The van der Waals surface area contributed by atoms with E-state index in [1.54, 1.807) is 0 Å². The number of anilines is 1. The highest BCUT2D eigenvalue weighted by atomic mass is 16.2. The topological polar surface area (TPSA) is 96.7 Å². The summed E-state index contributed by atoms with van der Waals surface area (Å²) < 4.78 is 0. The first-order valence-electron chi connectivity index (χ1n) is 4.99. The second-order valence-electron chi connectivity index (χ2n) is 4.49. The summed E-state index contributed by atoms with van der Waals surface area (Å²) in [5.41, 5.74) is 5.14. The first-order valence-corrected chi connectivity index (χ1v) is 4.99. The van der Waals surface area contributed by atoms with Crippen LogP contribution in [0, 0.1) is 5.92 Å². The van der Waals surface area contributed by atoms with Gasteiger partial charge in [0.1, 0.15) is 0 Å². The molecule has 2 rings (SSSR count). The van der Waals surface area contributed by atoms with Crippen molar-refractivity contribution in [1.29, 1.82) is 0 Å². The number of amides is 1. The van der Waals surface area contributed by atoms with E-state index in [9.17, 15) is 4.79 Å². The molecular formula is C9H15N5O. The minimum absolute atomic E-state index is 0.0874. The molecule has 1 amide bonds. The Hall–Kier alpha value is -1.59. The van der Waals surface area contributed by atoms with Crippen molar-refractivity contribution in [2.75, 3.05) is 5.73 Å². The van der Waals surface area contributed by atoms with Gasteiger partial charge in [-0.1, -0.05) is 0 Å². The highest BCUT2D eigenvalue weighted by molar-refractivity contribution is 5.91. The Morgan fingerprint density at radius 2 is 2.27 bits per heavy atom. The summed E-state index contributed by atoms with van der Waals surface area (Å²) in [6, 6.07) is 0. The number of nitrogens with two attached hydrogens (primary N) is 1. The van der Waals surface area contributed by atoms with Crippen LogP contribution in [0.4, 0.5) is 5.95 Å². The zero-order valence-electron chi connectivity index (χ0n) is 8.87. The first-order chi connectivity index (χ1) is 6.99. The van der Waals surface area contributed by atoms with Crippen molar-refractivity contribution < 1.29 is 4.79 Å². The van der Waals surface area contributed by atoms with Crippen molar-refractivity contribution in [2.45, 2.75) is 32.2 Å². The Bertz CT molecular complexity index is 380. The third-order valence-corrected chi connectivity index (χ3v) is 2.75. The van der Waals surface area contributed by atoms with Crippen molar-refractivity contribution in [3.8, 4) is 0 Å². The quantitative estimate of drug-likeness (QED) is 0.667. The minimum Gasteiger partial charge on any atom is -0.366 e. The summed E-state index contributed by atoms with van der Waals surface area (Å²) in [6.07, 6.45) is 2.34. The lowest BCUT2D eigenvalue weighted by molar-refractivity contribution is 0.0893. The van der Waals surface area contributed by atoms with Crippen molar-refractivity contribution in [1.82, 2.24) is 20.5 Å². The number of hydrogen-bond donors (Lipinski definition) is 3. The molecule has 0 aromatic carbocycles. The number of nitrogens with one attached hydrogen (secondary N) is 2. The van der Waals surface area contributed by atoms with Gasteiger partial charge in [-0.3, -0.25) is 9.89 Å². The molecule has 6 heteroatoms. The summed E-state index contributed by atoms with van der Waals surface area (Å²) in [7, 11) is 0. The standard InChI is InChI=1S/C9H15N5O/c1-9(2,5-3-4-5)12-7(15)6-11-8(10)14-13-6/h5H,3-4H2,1-2H3,(H,12,15)(H3,10,11,13,14). The Balaban J connectivity index is 2.03. The predicted molar refractivity (Wildman–Crippen MR) is 55.1 cm³/mol. The third kappa shape index (κ3) is 2.08. The van der Waals surface area contributed by atoms with Gasteiger partial charge in [-0.2, -0.15) is 4.98 Å². The zero-order valence-corrected chi connectivity index (χ0v) is 8.87. The molecule has 0 aliphatic heterocycles. The number of hydrogen-bond acceptors (Lipinski definition) is 4. The van der Waals surface area contributed by atoms with Crippen LogP contribution in [0.5, 0.6) is 0 Å². The van der Waals surface area contributed by atoms with Gasteiger partial charge in [-0.15, -0.1) is 5.10 Å². The van der Waals surface area contributed by atoms with Crippen molar-refractivity contribution >= 4 is 11.9 Å². The van der Waals surface area contributed by atoms with Gasteiger partial charge in [0.05, 0.1) is 0 Å². The summed E-state index contributed by atoms with van der Waals surface area (Å²) in [5, 5.41) is 9.02. The first kappa shape index (κ1) is 9.95. The number of carbonyl (C=O) groups is 1. The van der Waals surface area contributed by atoms with Gasteiger partial charge in [0.2, 0.25) is 11.8 Å². The number of H-pyrrole nitrogens is 1. The molecule has 1 aliphatic carbocycles. The molecule has 1 saturated carbocycles. The number of aromatic nitrogens is 3. The highest BCUT2D eigenvalue weighted by Gasteiger charge is 2.39. The maximum absolute atomic E-state index is 11.7. The Kier molecular flexibility index (Phi) is 2.13. The molecule has 0 bridgehead atoms. The van der Waals surface area contributed by atoms with E-state index in [1.165, 1.54) is 12.8 Å². The molecule has 1 fully saturated rings. The van der Waals surface area contributed by atoms with Crippen LogP contribution >= 0.6 is 0 Å². The predicted octanol–water partition coefficient (Wildman–Crippen LogP) is 0.305. The Morgan fingerprint density at radius 3 is 2.73 bits per heavy atom. The van der Waals surface area contributed by atoms with E-state index in [2.05, 4.69) is 20.5 Å². The third-order valence-electron chi connectivity index (χ3n) is 2.75. The van der Waals surface area contributed by atoms with Crippen molar-refractivity contribution in [3.05, 3.63) is 5.82 Å². The second-order valence-corrected chi connectivity index (χ2v) is 4.49. The summed E-state index contributed by atoms with van der Waals surface area (Å²) >= 11 is 0.